The van der Waals surface area contributed by atoms with Crippen LogP contribution >= 0.6 is 0 Å². The minimum Gasteiger partial charge on any atom is -0.508 e. The van der Waals surface area contributed by atoms with Crippen molar-refractivity contribution in [2.24, 2.45) is 5.41 Å². The molecule has 4 fully saturated rings. The molecule has 2 unspecified atom stereocenters. The number of aromatic hydroxyl groups is 1. The van der Waals surface area contributed by atoms with Crippen molar-refractivity contribution in [1.29, 1.82) is 0 Å². The van der Waals surface area contributed by atoms with Gasteiger partial charge >= 0.3 is 6.01 Å². The van der Waals surface area contributed by atoms with Crippen molar-refractivity contribution in [2.45, 2.75) is 56.7 Å². The maximum atomic E-state index is 16.8. The van der Waals surface area contributed by atoms with E-state index in [4.69, 9.17) is 20.9 Å². The summed E-state index contributed by atoms with van der Waals surface area (Å²) >= 11 is 0. The Bertz CT molecular complexity index is 1860. The van der Waals surface area contributed by atoms with Crippen molar-refractivity contribution in [3.8, 4) is 35.4 Å². The number of benzene rings is 2. The molecule has 226 valence electrons. The van der Waals surface area contributed by atoms with Crippen LogP contribution in [0.3, 0.4) is 0 Å². The van der Waals surface area contributed by atoms with Gasteiger partial charge in [0.25, 0.3) is 0 Å². The number of hydrogen-bond acceptors (Lipinski definition) is 8. The highest BCUT2D eigenvalue weighted by Crippen LogP contribution is 2.48. The van der Waals surface area contributed by atoms with E-state index in [0.29, 0.717) is 47.8 Å². The van der Waals surface area contributed by atoms with Crippen LogP contribution in [0.15, 0.2) is 30.5 Å². The molecule has 2 aromatic heterocycles. The number of nitrogens with zero attached hydrogens (tertiary/aromatic N) is 5. The number of morpholine rings is 1. The second-order valence-corrected chi connectivity index (χ2v) is 12.7. The SMILES string of the molecule is C#Cc1c(F)ccc2cc(O)cc(-c3ncc4c(N5CCOC6CC65)nc(OC[C@]56CCC[C@H]5N(C)CCC6)nc4c3F)c12. The fraction of sp³-hybridized carbons (Fsp3) is 0.441. The molecule has 4 aliphatic rings. The van der Waals surface area contributed by atoms with Gasteiger partial charge in [-0.2, -0.15) is 9.97 Å². The molecule has 4 atom stereocenters. The Morgan fingerprint density at radius 3 is 2.91 bits per heavy atom. The van der Waals surface area contributed by atoms with Gasteiger partial charge in [-0.3, -0.25) is 4.98 Å². The second-order valence-electron chi connectivity index (χ2n) is 12.7. The first kappa shape index (κ1) is 27.5. The zero-order valence-electron chi connectivity index (χ0n) is 24.5. The molecule has 44 heavy (non-hydrogen) atoms. The molecule has 4 aromatic rings. The van der Waals surface area contributed by atoms with E-state index >= 15 is 4.39 Å². The minimum absolute atomic E-state index is 0.0180. The summed E-state index contributed by atoms with van der Waals surface area (Å²) in [4.78, 5) is 18.6. The number of pyridine rings is 1. The molecule has 2 aliphatic heterocycles. The number of aromatic nitrogens is 3. The second kappa shape index (κ2) is 10.2. The molecule has 10 heteroatoms. The lowest BCUT2D eigenvalue weighted by Gasteiger charge is -2.44. The molecule has 2 aliphatic carbocycles. The molecular weight excluding hydrogens is 564 g/mol. The maximum absolute atomic E-state index is 16.8. The number of fused-ring (bicyclic) bond motifs is 4. The Hall–Kier alpha value is -4.07. The van der Waals surface area contributed by atoms with Crippen LogP contribution in [0, 0.1) is 29.4 Å². The first-order valence-corrected chi connectivity index (χ1v) is 15.4. The maximum Gasteiger partial charge on any atom is 0.319 e. The Morgan fingerprint density at radius 1 is 1.18 bits per heavy atom. The third-order valence-corrected chi connectivity index (χ3v) is 10.2. The highest BCUT2D eigenvalue weighted by Gasteiger charge is 2.48. The van der Waals surface area contributed by atoms with E-state index in [1.54, 1.807) is 6.20 Å². The van der Waals surface area contributed by atoms with Gasteiger partial charge in [0.2, 0.25) is 0 Å². The highest BCUT2D eigenvalue weighted by molar-refractivity contribution is 6.03. The average Bonchev–Trinajstić information content (AvgIpc) is 3.70. The molecule has 8 nitrogen and oxygen atoms in total. The van der Waals surface area contributed by atoms with Crippen LogP contribution in [0.2, 0.25) is 0 Å². The number of ether oxygens (including phenoxy) is 2. The van der Waals surface area contributed by atoms with E-state index in [0.717, 1.165) is 45.1 Å². The lowest BCUT2D eigenvalue weighted by Crippen LogP contribution is -2.50. The van der Waals surface area contributed by atoms with Crippen LogP contribution in [0.4, 0.5) is 14.6 Å². The summed E-state index contributed by atoms with van der Waals surface area (Å²) in [5.41, 5.74) is 0.133. The number of phenolic OH excluding ortho intramolecular Hbond substituents is 1. The molecule has 2 saturated carbocycles. The number of hydrogen-bond donors (Lipinski definition) is 1. The fourth-order valence-corrected chi connectivity index (χ4v) is 8.03. The van der Waals surface area contributed by atoms with E-state index in [2.05, 4.69) is 32.7 Å². The number of halogens is 2. The number of phenols is 1. The summed E-state index contributed by atoms with van der Waals surface area (Å²) in [6.45, 7) is 2.70. The predicted octanol–water partition coefficient (Wildman–Crippen LogP) is 5.43. The third kappa shape index (κ3) is 4.28. The zero-order valence-corrected chi connectivity index (χ0v) is 24.5. The van der Waals surface area contributed by atoms with E-state index < -0.39 is 11.6 Å². The molecule has 0 radical (unpaired) electrons. The number of piperidine rings is 1. The molecule has 8 rings (SSSR count). The Labute approximate surface area is 254 Å². The molecule has 4 heterocycles. The summed E-state index contributed by atoms with van der Waals surface area (Å²) in [5.74, 6) is 1.51. The Balaban J connectivity index is 1.27. The van der Waals surface area contributed by atoms with Crippen molar-refractivity contribution in [2.75, 3.05) is 38.3 Å². The molecular formula is C34H33F2N5O3. The first-order chi connectivity index (χ1) is 21.4. The van der Waals surface area contributed by atoms with Crippen molar-refractivity contribution in [3.63, 3.8) is 0 Å². The minimum atomic E-state index is -0.718. The van der Waals surface area contributed by atoms with Gasteiger partial charge in [0, 0.05) is 35.1 Å². The fourth-order valence-electron chi connectivity index (χ4n) is 8.03. The molecule has 2 aromatic carbocycles. The lowest BCUT2D eigenvalue weighted by molar-refractivity contribution is 0.0133. The molecule has 1 N–H and O–H groups in total. The van der Waals surface area contributed by atoms with E-state index in [1.165, 1.54) is 24.3 Å². The van der Waals surface area contributed by atoms with Gasteiger partial charge in [-0.25, -0.2) is 8.78 Å². The molecule has 0 spiro atoms. The topological polar surface area (TPSA) is 83.8 Å². The van der Waals surface area contributed by atoms with E-state index in [1.807, 2.05) is 0 Å². The summed E-state index contributed by atoms with van der Waals surface area (Å²) in [5, 5.41) is 11.7. The van der Waals surface area contributed by atoms with Crippen molar-refractivity contribution in [3.05, 3.63) is 47.7 Å². The zero-order chi connectivity index (χ0) is 30.2. The van der Waals surface area contributed by atoms with Crippen molar-refractivity contribution in [1.82, 2.24) is 19.9 Å². The van der Waals surface area contributed by atoms with E-state index in [9.17, 15) is 9.50 Å². The average molecular weight is 598 g/mol. The smallest absolute Gasteiger partial charge is 0.319 e. The summed E-state index contributed by atoms with van der Waals surface area (Å²) in [6, 6.07) is 6.28. The van der Waals surface area contributed by atoms with Gasteiger partial charge in [0.15, 0.2) is 5.82 Å². The summed E-state index contributed by atoms with van der Waals surface area (Å²) < 4.78 is 43.8. The first-order valence-electron chi connectivity index (χ1n) is 15.4. The van der Waals surface area contributed by atoms with Crippen LogP contribution in [0.1, 0.15) is 44.1 Å². The van der Waals surface area contributed by atoms with Gasteiger partial charge in [-0.1, -0.05) is 18.4 Å². The molecule has 0 bridgehead atoms. The molecule has 0 amide bonds. The third-order valence-electron chi connectivity index (χ3n) is 10.2. The van der Waals surface area contributed by atoms with Crippen molar-refractivity contribution >= 4 is 27.5 Å². The van der Waals surface area contributed by atoms with Gasteiger partial charge in [0.1, 0.15) is 28.6 Å². The van der Waals surface area contributed by atoms with Gasteiger partial charge < -0.3 is 24.4 Å². The molecule has 2 saturated heterocycles. The number of anilines is 1. The summed E-state index contributed by atoms with van der Waals surface area (Å²) in [6.07, 6.45) is 13.8. The highest BCUT2D eigenvalue weighted by atomic mass is 19.1. The van der Waals surface area contributed by atoms with Gasteiger partial charge in [-0.15, -0.1) is 6.42 Å². The number of rotatable bonds is 5. The van der Waals surface area contributed by atoms with Crippen molar-refractivity contribution < 1.29 is 23.4 Å². The van der Waals surface area contributed by atoms with Gasteiger partial charge in [-0.05, 0) is 69.3 Å². The van der Waals surface area contributed by atoms with Crippen LogP contribution in [0.25, 0.3) is 32.9 Å². The number of likely N-dealkylation sites (tertiary alicyclic amines) is 1. The van der Waals surface area contributed by atoms with E-state index in [-0.39, 0.29) is 51.7 Å². The lowest BCUT2D eigenvalue weighted by atomic mass is 9.76. The van der Waals surface area contributed by atoms with Crippen LogP contribution in [-0.4, -0.2) is 76.5 Å². The van der Waals surface area contributed by atoms with Gasteiger partial charge in [0.05, 0.1) is 36.3 Å². The Morgan fingerprint density at radius 2 is 2.05 bits per heavy atom. The standard InChI is InChI=1S/C34H33F2N5O3/c1-3-21-24(35)8-7-19-14-20(42)15-22(28(19)21)30-29(36)31-23(17-37-30)32(41-12-13-43-26-16-25(26)41)39-33(38-31)44-18-34-9-4-6-27(34)40(2)11-5-10-34/h1,7-8,14-15,17,25-27,42H,4-6,9-13,16,18H2,2H3/t25?,26?,27-,34-/m1/s1. The van der Waals surface area contributed by atoms with Crippen LogP contribution in [-0.2, 0) is 4.74 Å². The monoisotopic (exact) mass is 597 g/mol. The van der Waals surface area contributed by atoms with Crippen LogP contribution < -0.4 is 9.64 Å². The number of terminal acetylenes is 1. The largest absolute Gasteiger partial charge is 0.508 e. The predicted molar refractivity (Wildman–Crippen MR) is 163 cm³/mol. The quantitative estimate of drug-likeness (QED) is 0.305. The Kier molecular flexibility index (Phi) is 6.40. The van der Waals surface area contributed by atoms with Crippen LogP contribution in [0.5, 0.6) is 11.8 Å². The summed E-state index contributed by atoms with van der Waals surface area (Å²) in [7, 11) is 2.19. The normalized spacial score (nSPS) is 26.4.